The molecule has 6 heteroatoms. The number of carbonyl (C=O) groups is 1. The molecule has 0 saturated carbocycles. The van der Waals surface area contributed by atoms with Crippen LogP contribution in [0.2, 0.25) is 0 Å². The molecular weight excluding hydrogens is 394 g/mol. The molecule has 0 aliphatic rings. The van der Waals surface area contributed by atoms with Gasteiger partial charge in [-0.2, -0.15) is 0 Å². The Balaban J connectivity index is 2.29. The number of thiophene rings is 1. The van der Waals surface area contributed by atoms with E-state index in [9.17, 15) is 9.90 Å². The van der Waals surface area contributed by atoms with Crippen molar-refractivity contribution in [2.45, 2.75) is 13.8 Å². The molecule has 1 heterocycles. The molecule has 2 N–H and O–H groups in total. The van der Waals surface area contributed by atoms with Crippen molar-refractivity contribution in [2.75, 3.05) is 5.32 Å². The van der Waals surface area contributed by atoms with Gasteiger partial charge in [0.15, 0.2) is 0 Å². The fourth-order valence-corrected chi connectivity index (χ4v) is 4.41. The van der Waals surface area contributed by atoms with E-state index >= 15 is 0 Å². The molecule has 19 heavy (non-hydrogen) atoms. The van der Waals surface area contributed by atoms with E-state index in [1.54, 1.807) is 25.1 Å². The lowest BCUT2D eigenvalue weighted by molar-refractivity contribution is 0.102. The van der Waals surface area contributed by atoms with Gasteiger partial charge in [-0.25, -0.2) is 0 Å². The second-order valence-electron chi connectivity index (χ2n) is 4.15. The van der Waals surface area contributed by atoms with Crippen LogP contribution in [0.3, 0.4) is 0 Å². The molecule has 3 nitrogen and oxygen atoms in total. The normalized spacial score (nSPS) is 10.5. The van der Waals surface area contributed by atoms with Gasteiger partial charge in [0.1, 0.15) is 5.75 Å². The van der Waals surface area contributed by atoms with Gasteiger partial charge in [-0.15, -0.1) is 11.3 Å². The third-order valence-electron chi connectivity index (χ3n) is 2.69. The topological polar surface area (TPSA) is 49.3 Å². The van der Waals surface area contributed by atoms with Crippen LogP contribution in [0.25, 0.3) is 0 Å². The fraction of sp³-hybridized carbons (Fsp3) is 0.154. The van der Waals surface area contributed by atoms with E-state index in [1.165, 1.54) is 11.3 Å². The zero-order valence-electron chi connectivity index (χ0n) is 10.3. The van der Waals surface area contributed by atoms with Crippen molar-refractivity contribution in [3.05, 3.63) is 42.5 Å². The van der Waals surface area contributed by atoms with Crippen molar-refractivity contribution >= 4 is 54.8 Å². The third kappa shape index (κ3) is 3.19. The number of hydrogen-bond acceptors (Lipinski definition) is 3. The Kier molecular flexibility index (Phi) is 4.32. The van der Waals surface area contributed by atoms with Crippen LogP contribution >= 0.6 is 43.2 Å². The molecule has 0 spiro atoms. The van der Waals surface area contributed by atoms with Gasteiger partial charge in [0.05, 0.1) is 13.1 Å². The Morgan fingerprint density at radius 3 is 2.47 bits per heavy atom. The number of phenolic OH excluding ortho intramolecular Hbond substituents is 1. The van der Waals surface area contributed by atoms with E-state index in [1.807, 2.05) is 6.92 Å². The zero-order chi connectivity index (χ0) is 14.2. The van der Waals surface area contributed by atoms with Crippen molar-refractivity contribution in [3.8, 4) is 5.75 Å². The predicted molar refractivity (Wildman–Crippen MR) is 85.3 cm³/mol. The Morgan fingerprint density at radius 1 is 1.21 bits per heavy atom. The highest BCUT2D eigenvalue weighted by atomic mass is 79.9. The van der Waals surface area contributed by atoms with Crippen LogP contribution in [-0.4, -0.2) is 11.0 Å². The number of anilines is 1. The maximum Gasteiger partial charge on any atom is 0.257 e. The Bertz CT molecular complexity index is 652. The number of phenols is 1. The molecule has 0 fully saturated rings. The molecule has 1 aromatic heterocycles. The SMILES string of the molecule is Cc1cc(NC(=O)c2cc(Br)sc2Br)c(C)cc1O. The van der Waals surface area contributed by atoms with Crippen LogP contribution in [0, 0.1) is 13.8 Å². The minimum Gasteiger partial charge on any atom is -0.508 e. The number of carbonyl (C=O) groups excluding carboxylic acids is 1. The van der Waals surface area contributed by atoms with Crippen molar-refractivity contribution in [1.82, 2.24) is 0 Å². The molecule has 1 aromatic carbocycles. The molecule has 1 amide bonds. The summed E-state index contributed by atoms with van der Waals surface area (Å²) in [5, 5.41) is 12.5. The van der Waals surface area contributed by atoms with Crippen LogP contribution in [0.1, 0.15) is 21.5 Å². The number of benzene rings is 1. The van der Waals surface area contributed by atoms with E-state index in [4.69, 9.17) is 0 Å². The minimum atomic E-state index is -0.179. The second kappa shape index (κ2) is 5.64. The average molecular weight is 405 g/mol. The highest BCUT2D eigenvalue weighted by Gasteiger charge is 2.15. The molecule has 100 valence electrons. The molecule has 0 atom stereocenters. The van der Waals surface area contributed by atoms with Gasteiger partial charge in [0, 0.05) is 5.69 Å². The number of hydrogen-bond donors (Lipinski definition) is 2. The molecule has 2 aromatic rings. The van der Waals surface area contributed by atoms with Crippen LogP contribution in [0.5, 0.6) is 5.75 Å². The van der Waals surface area contributed by atoms with Gasteiger partial charge in [0.2, 0.25) is 0 Å². The van der Waals surface area contributed by atoms with Crippen molar-refractivity contribution in [1.29, 1.82) is 0 Å². The van der Waals surface area contributed by atoms with Gasteiger partial charge in [0.25, 0.3) is 5.91 Å². The summed E-state index contributed by atoms with van der Waals surface area (Å²) in [6.45, 7) is 3.63. The predicted octanol–water partition coefficient (Wildman–Crippen LogP) is 4.85. The summed E-state index contributed by atoms with van der Waals surface area (Å²) in [7, 11) is 0. The summed E-state index contributed by atoms with van der Waals surface area (Å²) in [6.07, 6.45) is 0. The number of aryl methyl sites for hydroxylation is 2. The Hall–Kier alpha value is -0.850. The van der Waals surface area contributed by atoms with Crippen LogP contribution < -0.4 is 5.32 Å². The molecule has 0 unspecified atom stereocenters. The minimum absolute atomic E-state index is 0.179. The summed E-state index contributed by atoms with van der Waals surface area (Å²) in [6, 6.07) is 5.17. The van der Waals surface area contributed by atoms with E-state index in [0.717, 1.165) is 18.7 Å². The first-order chi connectivity index (χ1) is 8.88. The Morgan fingerprint density at radius 2 is 1.89 bits per heavy atom. The summed E-state index contributed by atoms with van der Waals surface area (Å²) in [5.41, 5.74) is 2.84. The second-order valence-corrected chi connectivity index (χ2v) is 7.89. The molecule has 0 aliphatic heterocycles. The number of rotatable bonds is 2. The van der Waals surface area contributed by atoms with Crippen molar-refractivity contribution < 1.29 is 9.90 Å². The number of halogens is 2. The highest BCUT2D eigenvalue weighted by molar-refractivity contribution is 9.12. The average Bonchev–Trinajstić information content (AvgIpc) is 2.65. The standard InChI is InChI=1S/C13H11Br2NO2S/c1-6-4-10(17)7(2)3-9(6)16-13(18)8-5-11(14)19-12(8)15/h3-5,17H,1-2H3,(H,16,18). The summed E-state index contributed by atoms with van der Waals surface area (Å²) >= 11 is 8.16. The first-order valence-electron chi connectivity index (χ1n) is 5.45. The molecule has 0 radical (unpaired) electrons. The number of aromatic hydroxyl groups is 1. The largest absolute Gasteiger partial charge is 0.508 e. The van der Waals surface area contributed by atoms with E-state index in [0.29, 0.717) is 11.3 Å². The van der Waals surface area contributed by atoms with Gasteiger partial charge in [-0.1, -0.05) is 0 Å². The van der Waals surface area contributed by atoms with E-state index in [2.05, 4.69) is 37.2 Å². The van der Waals surface area contributed by atoms with Gasteiger partial charge in [-0.05, 0) is 75.0 Å². The van der Waals surface area contributed by atoms with E-state index < -0.39 is 0 Å². The lowest BCUT2D eigenvalue weighted by Gasteiger charge is -2.10. The maximum absolute atomic E-state index is 12.2. The lowest BCUT2D eigenvalue weighted by atomic mass is 10.1. The number of amides is 1. The molecular formula is C13H11Br2NO2S. The Labute approximate surface area is 131 Å². The van der Waals surface area contributed by atoms with Crippen LogP contribution in [0.4, 0.5) is 5.69 Å². The van der Waals surface area contributed by atoms with Crippen molar-refractivity contribution in [3.63, 3.8) is 0 Å². The van der Waals surface area contributed by atoms with Gasteiger partial charge >= 0.3 is 0 Å². The molecule has 0 aliphatic carbocycles. The van der Waals surface area contributed by atoms with Crippen molar-refractivity contribution in [2.24, 2.45) is 0 Å². The summed E-state index contributed by atoms with van der Waals surface area (Å²) < 4.78 is 1.67. The first-order valence-corrected chi connectivity index (χ1v) is 7.85. The third-order valence-corrected chi connectivity index (χ3v) is 5.03. The first kappa shape index (κ1) is 14.6. The maximum atomic E-state index is 12.2. The highest BCUT2D eigenvalue weighted by Crippen LogP contribution is 2.33. The molecule has 2 rings (SSSR count). The molecule has 0 saturated heterocycles. The van der Waals surface area contributed by atoms with E-state index in [-0.39, 0.29) is 11.7 Å². The zero-order valence-corrected chi connectivity index (χ0v) is 14.2. The van der Waals surface area contributed by atoms with Gasteiger partial charge < -0.3 is 10.4 Å². The molecule has 0 bridgehead atoms. The van der Waals surface area contributed by atoms with Crippen LogP contribution in [0.15, 0.2) is 25.8 Å². The van der Waals surface area contributed by atoms with Crippen LogP contribution in [-0.2, 0) is 0 Å². The lowest BCUT2D eigenvalue weighted by Crippen LogP contribution is -2.12. The fourth-order valence-electron chi connectivity index (χ4n) is 1.62. The monoisotopic (exact) mass is 403 g/mol. The summed E-state index contributed by atoms with van der Waals surface area (Å²) in [5.74, 6) is 0.0528. The van der Waals surface area contributed by atoms with Gasteiger partial charge in [-0.3, -0.25) is 4.79 Å². The summed E-state index contributed by atoms with van der Waals surface area (Å²) in [4.78, 5) is 12.2. The number of nitrogens with one attached hydrogen (secondary N) is 1. The quantitative estimate of drug-likeness (QED) is 0.703. The smallest absolute Gasteiger partial charge is 0.257 e.